The van der Waals surface area contributed by atoms with Gasteiger partial charge in [-0.1, -0.05) is 18.2 Å². The van der Waals surface area contributed by atoms with Crippen molar-refractivity contribution in [2.24, 2.45) is 5.92 Å². The van der Waals surface area contributed by atoms with Gasteiger partial charge in [0.15, 0.2) is 0 Å². The van der Waals surface area contributed by atoms with Gasteiger partial charge >= 0.3 is 0 Å². The van der Waals surface area contributed by atoms with Gasteiger partial charge in [-0.25, -0.2) is 0 Å². The zero-order chi connectivity index (χ0) is 16.4. The minimum atomic E-state index is -0.0770. The Labute approximate surface area is 141 Å². The highest BCUT2D eigenvalue weighted by Crippen LogP contribution is 2.30. The molecule has 2 heterocycles. The standard InChI is InChI=1S/C18H23N3O3/c22-18(10-21-16-4-2-1-3-14(16)9-19-21)20-15-12-23-8-7-17(15)24-11-13-5-6-13/h1-4,9,13,15,17H,5-8,10-12H2,(H,20,22)/t15-,17+/m1/s1. The molecule has 2 aliphatic rings. The van der Waals surface area contributed by atoms with Gasteiger partial charge in [-0.05, 0) is 31.2 Å². The molecule has 1 N–H and O–H groups in total. The molecule has 2 aromatic rings. The number of nitrogens with zero attached hydrogens (tertiary/aromatic N) is 2. The fraction of sp³-hybridized carbons (Fsp3) is 0.556. The van der Waals surface area contributed by atoms with E-state index in [1.165, 1.54) is 12.8 Å². The van der Waals surface area contributed by atoms with E-state index in [4.69, 9.17) is 9.47 Å². The molecule has 4 rings (SSSR count). The van der Waals surface area contributed by atoms with Crippen molar-refractivity contribution in [2.75, 3.05) is 19.8 Å². The monoisotopic (exact) mass is 329 g/mol. The summed E-state index contributed by atoms with van der Waals surface area (Å²) in [6.45, 7) is 2.23. The van der Waals surface area contributed by atoms with Crippen LogP contribution in [0.25, 0.3) is 10.9 Å². The zero-order valence-corrected chi connectivity index (χ0v) is 13.7. The first-order chi connectivity index (χ1) is 11.8. The van der Waals surface area contributed by atoms with Crippen molar-refractivity contribution in [3.63, 3.8) is 0 Å². The van der Waals surface area contributed by atoms with Crippen molar-refractivity contribution in [2.45, 2.75) is 38.0 Å². The lowest BCUT2D eigenvalue weighted by Crippen LogP contribution is -2.51. The van der Waals surface area contributed by atoms with Crippen molar-refractivity contribution in [1.82, 2.24) is 15.1 Å². The maximum absolute atomic E-state index is 12.4. The third-order valence-corrected chi connectivity index (χ3v) is 4.73. The Morgan fingerprint density at radius 2 is 2.21 bits per heavy atom. The van der Waals surface area contributed by atoms with Crippen molar-refractivity contribution in [3.05, 3.63) is 30.5 Å². The van der Waals surface area contributed by atoms with Gasteiger partial charge in [0.25, 0.3) is 0 Å². The molecule has 6 heteroatoms. The van der Waals surface area contributed by atoms with Crippen LogP contribution in [0.5, 0.6) is 0 Å². The van der Waals surface area contributed by atoms with Gasteiger partial charge in [0.1, 0.15) is 6.54 Å². The predicted octanol–water partition coefficient (Wildman–Crippen LogP) is 1.74. The van der Waals surface area contributed by atoms with Gasteiger partial charge in [0.2, 0.25) is 5.91 Å². The highest BCUT2D eigenvalue weighted by Gasteiger charge is 2.30. The minimum Gasteiger partial charge on any atom is -0.379 e. The number of para-hydroxylation sites is 1. The van der Waals surface area contributed by atoms with E-state index in [9.17, 15) is 4.79 Å². The zero-order valence-electron chi connectivity index (χ0n) is 13.7. The van der Waals surface area contributed by atoms with Gasteiger partial charge in [-0.2, -0.15) is 5.10 Å². The smallest absolute Gasteiger partial charge is 0.242 e. The first-order valence-electron chi connectivity index (χ1n) is 8.69. The molecule has 1 amide bonds. The molecule has 1 saturated carbocycles. The number of rotatable bonds is 6. The van der Waals surface area contributed by atoms with Gasteiger partial charge in [0, 0.05) is 18.6 Å². The summed E-state index contributed by atoms with van der Waals surface area (Å²) in [5, 5.41) is 8.41. The van der Waals surface area contributed by atoms with Crippen LogP contribution in [0.15, 0.2) is 30.5 Å². The van der Waals surface area contributed by atoms with Gasteiger partial charge < -0.3 is 14.8 Å². The second-order valence-corrected chi connectivity index (χ2v) is 6.71. The first-order valence-corrected chi connectivity index (χ1v) is 8.69. The molecular formula is C18H23N3O3. The molecule has 0 unspecified atom stereocenters. The molecule has 24 heavy (non-hydrogen) atoms. The van der Waals surface area contributed by atoms with Gasteiger partial charge in [-0.15, -0.1) is 0 Å². The summed E-state index contributed by atoms with van der Waals surface area (Å²) in [6.07, 6.45) is 5.22. The fourth-order valence-electron chi connectivity index (χ4n) is 3.14. The summed E-state index contributed by atoms with van der Waals surface area (Å²) in [6, 6.07) is 7.81. The number of amides is 1. The van der Waals surface area contributed by atoms with E-state index in [1.807, 2.05) is 24.3 Å². The summed E-state index contributed by atoms with van der Waals surface area (Å²) < 4.78 is 13.3. The predicted molar refractivity (Wildman–Crippen MR) is 89.6 cm³/mol. The number of ether oxygens (including phenoxy) is 2. The van der Waals surface area contributed by atoms with Crippen LogP contribution < -0.4 is 5.32 Å². The number of fused-ring (bicyclic) bond motifs is 1. The third-order valence-electron chi connectivity index (χ3n) is 4.73. The number of carbonyl (C=O) groups excluding carboxylic acids is 1. The molecule has 1 aromatic heterocycles. The molecule has 1 aliphatic carbocycles. The maximum atomic E-state index is 12.4. The SMILES string of the molecule is O=C(Cn1ncc2ccccc21)N[C@@H]1COCC[C@@H]1OCC1CC1. The topological polar surface area (TPSA) is 65.4 Å². The highest BCUT2D eigenvalue weighted by atomic mass is 16.5. The van der Waals surface area contributed by atoms with Crippen molar-refractivity contribution >= 4 is 16.8 Å². The Bertz CT molecular complexity index is 710. The molecule has 2 fully saturated rings. The second kappa shape index (κ2) is 6.91. The van der Waals surface area contributed by atoms with Crippen LogP contribution in [0.1, 0.15) is 19.3 Å². The molecule has 1 saturated heterocycles. The van der Waals surface area contributed by atoms with E-state index in [1.54, 1.807) is 10.9 Å². The fourth-order valence-corrected chi connectivity index (χ4v) is 3.14. The number of aromatic nitrogens is 2. The maximum Gasteiger partial charge on any atom is 0.242 e. The lowest BCUT2D eigenvalue weighted by molar-refractivity contribution is -0.127. The van der Waals surface area contributed by atoms with Crippen LogP contribution in [0.4, 0.5) is 0 Å². The van der Waals surface area contributed by atoms with Crippen LogP contribution in [0.3, 0.4) is 0 Å². The summed E-state index contributed by atoms with van der Waals surface area (Å²) in [5.74, 6) is 0.666. The Morgan fingerprint density at radius 3 is 3.08 bits per heavy atom. The largest absolute Gasteiger partial charge is 0.379 e. The Morgan fingerprint density at radius 1 is 1.33 bits per heavy atom. The number of carbonyl (C=O) groups is 1. The highest BCUT2D eigenvalue weighted by molar-refractivity contribution is 5.82. The summed E-state index contributed by atoms with van der Waals surface area (Å²) in [7, 11) is 0. The number of hydrogen-bond donors (Lipinski definition) is 1. The molecule has 0 spiro atoms. The van der Waals surface area contributed by atoms with E-state index in [-0.39, 0.29) is 24.6 Å². The Hall–Kier alpha value is -1.92. The first kappa shape index (κ1) is 15.6. The Kier molecular flexibility index (Phi) is 4.49. The van der Waals surface area contributed by atoms with Crippen LogP contribution in [-0.4, -0.2) is 47.7 Å². The van der Waals surface area contributed by atoms with Gasteiger partial charge in [0.05, 0.1) is 30.5 Å². The van der Waals surface area contributed by atoms with Crippen LogP contribution in [0, 0.1) is 5.92 Å². The molecular weight excluding hydrogens is 306 g/mol. The summed E-state index contributed by atoms with van der Waals surface area (Å²) >= 11 is 0. The molecule has 0 bridgehead atoms. The van der Waals surface area contributed by atoms with Gasteiger partial charge in [-0.3, -0.25) is 9.48 Å². The van der Waals surface area contributed by atoms with Crippen molar-refractivity contribution in [3.8, 4) is 0 Å². The number of nitrogens with one attached hydrogen (secondary N) is 1. The van der Waals surface area contributed by atoms with Crippen LogP contribution in [-0.2, 0) is 20.8 Å². The third kappa shape index (κ3) is 3.60. The molecule has 1 aliphatic heterocycles. The van der Waals surface area contributed by atoms with E-state index in [2.05, 4.69) is 10.4 Å². The van der Waals surface area contributed by atoms with E-state index in [0.717, 1.165) is 29.8 Å². The molecule has 2 atom stereocenters. The molecule has 128 valence electrons. The minimum absolute atomic E-state index is 0.0534. The van der Waals surface area contributed by atoms with Crippen molar-refractivity contribution in [1.29, 1.82) is 0 Å². The number of hydrogen-bond acceptors (Lipinski definition) is 4. The lowest BCUT2D eigenvalue weighted by atomic mass is 10.1. The lowest BCUT2D eigenvalue weighted by Gasteiger charge is -2.32. The van der Waals surface area contributed by atoms with Crippen molar-refractivity contribution < 1.29 is 14.3 Å². The van der Waals surface area contributed by atoms with E-state index in [0.29, 0.717) is 13.2 Å². The quantitative estimate of drug-likeness (QED) is 0.877. The molecule has 0 radical (unpaired) electrons. The van der Waals surface area contributed by atoms with Crippen LogP contribution >= 0.6 is 0 Å². The molecule has 6 nitrogen and oxygen atoms in total. The second-order valence-electron chi connectivity index (χ2n) is 6.71. The summed E-state index contributed by atoms with van der Waals surface area (Å²) in [4.78, 5) is 12.4. The Balaban J connectivity index is 1.36. The average Bonchev–Trinajstić information content (AvgIpc) is 3.35. The molecule has 1 aromatic carbocycles. The average molecular weight is 329 g/mol. The van der Waals surface area contributed by atoms with E-state index < -0.39 is 0 Å². The van der Waals surface area contributed by atoms with Crippen LogP contribution in [0.2, 0.25) is 0 Å². The number of benzene rings is 1. The van der Waals surface area contributed by atoms with E-state index >= 15 is 0 Å². The normalized spacial score (nSPS) is 24.2. The summed E-state index contributed by atoms with van der Waals surface area (Å²) in [5.41, 5.74) is 0.967.